The van der Waals surface area contributed by atoms with Gasteiger partial charge in [-0.2, -0.15) is 0 Å². The van der Waals surface area contributed by atoms with Gasteiger partial charge in [0, 0.05) is 12.5 Å². The minimum atomic E-state index is -0.0741. The van der Waals surface area contributed by atoms with E-state index in [1.807, 2.05) is 0 Å². The van der Waals surface area contributed by atoms with E-state index in [1.165, 1.54) is 136 Å². The first-order valence-corrected chi connectivity index (χ1v) is 15.0. The maximum absolute atomic E-state index is 11.0. The first kappa shape index (κ1) is 33.2. The van der Waals surface area contributed by atoms with Crippen molar-refractivity contribution in [2.75, 3.05) is 21.2 Å². The van der Waals surface area contributed by atoms with Crippen molar-refractivity contribution in [1.29, 1.82) is 0 Å². The summed E-state index contributed by atoms with van der Waals surface area (Å²) in [6.07, 6.45) is 34.8. The zero-order valence-corrected chi connectivity index (χ0v) is 23.8. The van der Waals surface area contributed by atoms with E-state index >= 15 is 0 Å². The van der Waals surface area contributed by atoms with Crippen LogP contribution in [0.15, 0.2) is 12.2 Å². The molecule has 0 aliphatic carbocycles. The zero-order chi connectivity index (χ0) is 25.1. The molecule has 0 fully saturated rings. The van der Waals surface area contributed by atoms with E-state index in [-0.39, 0.29) is 5.97 Å². The second-order valence-corrected chi connectivity index (χ2v) is 10.6. The Morgan fingerprint density at radius 1 is 0.647 bits per heavy atom. The molecule has 3 heteroatoms. The number of esters is 1. The number of ether oxygens (including phenoxy) is 1. The van der Waals surface area contributed by atoms with E-state index in [9.17, 15) is 4.79 Å². The van der Waals surface area contributed by atoms with Crippen LogP contribution < -0.4 is 0 Å². The van der Waals surface area contributed by atoms with Gasteiger partial charge in [-0.3, -0.25) is 4.79 Å². The van der Waals surface area contributed by atoms with Gasteiger partial charge < -0.3 is 9.64 Å². The zero-order valence-electron chi connectivity index (χ0n) is 23.8. The SMILES string of the molecule is CCCCCCCCCC(CCCCCCCCC=CCCCCCCCC(=O)OC)N(C)C. The highest BCUT2D eigenvalue weighted by molar-refractivity contribution is 5.68. The highest BCUT2D eigenvalue weighted by Crippen LogP contribution is 2.17. The molecule has 0 heterocycles. The third-order valence-corrected chi connectivity index (χ3v) is 7.18. The Labute approximate surface area is 214 Å². The van der Waals surface area contributed by atoms with Crippen LogP contribution in [0.1, 0.15) is 155 Å². The quantitative estimate of drug-likeness (QED) is 0.0702. The summed E-state index contributed by atoms with van der Waals surface area (Å²) in [5.41, 5.74) is 0. The van der Waals surface area contributed by atoms with Gasteiger partial charge in [-0.15, -0.1) is 0 Å². The van der Waals surface area contributed by atoms with E-state index in [1.54, 1.807) is 0 Å². The van der Waals surface area contributed by atoms with Crippen LogP contribution >= 0.6 is 0 Å². The number of carbonyl (C=O) groups is 1. The van der Waals surface area contributed by atoms with E-state index in [4.69, 9.17) is 0 Å². The first-order valence-electron chi connectivity index (χ1n) is 15.0. The lowest BCUT2D eigenvalue weighted by Crippen LogP contribution is -2.27. The highest BCUT2D eigenvalue weighted by Gasteiger charge is 2.10. The van der Waals surface area contributed by atoms with Gasteiger partial charge in [0.1, 0.15) is 0 Å². The molecule has 0 saturated heterocycles. The standard InChI is InChI=1S/C31H61NO2/c1-5-6-7-8-18-21-24-27-30(32(2)3)28-25-22-19-16-14-12-10-9-11-13-15-17-20-23-26-29-31(33)34-4/h9,11,30H,5-8,10,12-29H2,1-4H3. The van der Waals surface area contributed by atoms with Crippen LogP contribution in [0.2, 0.25) is 0 Å². The highest BCUT2D eigenvalue weighted by atomic mass is 16.5. The van der Waals surface area contributed by atoms with Gasteiger partial charge >= 0.3 is 5.97 Å². The molecule has 0 aromatic carbocycles. The van der Waals surface area contributed by atoms with E-state index in [2.05, 4.69) is 42.8 Å². The van der Waals surface area contributed by atoms with E-state index in [0.717, 1.165) is 18.9 Å². The molecule has 202 valence electrons. The third kappa shape index (κ3) is 24.3. The summed E-state index contributed by atoms with van der Waals surface area (Å²) in [5.74, 6) is -0.0741. The Hall–Kier alpha value is -0.830. The molecular formula is C31H61NO2. The number of rotatable bonds is 26. The van der Waals surface area contributed by atoms with Gasteiger partial charge in [-0.1, -0.05) is 115 Å². The Kier molecular flexibility index (Phi) is 26.1. The van der Waals surface area contributed by atoms with E-state index < -0.39 is 0 Å². The molecule has 0 aliphatic rings. The summed E-state index contributed by atoms with van der Waals surface area (Å²) in [4.78, 5) is 13.5. The predicted molar refractivity (Wildman–Crippen MR) is 150 cm³/mol. The van der Waals surface area contributed by atoms with E-state index in [0.29, 0.717) is 6.42 Å². The van der Waals surface area contributed by atoms with Crippen LogP contribution in [0.5, 0.6) is 0 Å². The molecule has 0 aromatic rings. The van der Waals surface area contributed by atoms with Crippen molar-refractivity contribution in [3.8, 4) is 0 Å². The summed E-state index contributed by atoms with van der Waals surface area (Å²) in [6.45, 7) is 2.30. The van der Waals surface area contributed by atoms with Crippen molar-refractivity contribution in [3.05, 3.63) is 12.2 Å². The normalized spacial score (nSPS) is 12.6. The second kappa shape index (κ2) is 26.8. The smallest absolute Gasteiger partial charge is 0.305 e. The van der Waals surface area contributed by atoms with Crippen LogP contribution in [0.25, 0.3) is 0 Å². The van der Waals surface area contributed by atoms with Crippen molar-refractivity contribution in [3.63, 3.8) is 0 Å². The average Bonchev–Trinajstić information content (AvgIpc) is 2.83. The van der Waals surface area contributed by atoms with Gasteiger partial charge in [0.15, 0.2) is 0 Å². The van der Waals surface area contributed by atoms with Crippen LogP contribution in [0, 0.1) is 0 Å². The molecule has 34 heavy (non-hydrogen) atoms. The molecular weight excluding hydrogens is 418 g/mol. The molecule has 3 nitrogen and oxygen atoms in total. The summed E-state index contributed by atoms with van der Waals surface area (Å²) in [7, 11) is 6.01. The first-order chi connectivity index (χ1) is 16.6. The Morgan fingerprint density at radius 3 is 1.50 bits per heavy atom. The number of unbranched alkanes of at least 4 members (excludes halogenated alkanes) is 17. The number of hydrogen-bond acceptors (Lipinski definition) is 3. The predicted octanol–water partition coefficient (Wildman–Crippen LogP) is 9.64. The molecule has 0 amide bonds. The van der Waals surface area contributed by atoms with Gasteiger partial charge in [0.05, 0.1) is 7.11 Å². The fourth-order valence-electron chi connectivity index (χ4n) is 4.75. The third-order valence-electron chi connectivity index (χ3n) is 7.18. The van der Waals surface area contributed by atoms with Crippen LogP contribution in [0.3, 0.4) is 0 Å². The number of allylic oxidation sites excluding steroid dienone is 2. The fourth-order valence-corrected chi connectivity index (χ4v) is 4.75. The lowest BCUT2D eigenvalue weighted by molar-refractivity contribution is -0.140. The lowest BCUT2D eigenvalue weighted by atomic mass is 9.99. The lowest BCUT2D eigenvalue weighted by Gasteiger charge is -2.24. The minimum Gasteiger partial charge on any atom is -0.469 e. The van der Waals surface area contributed by atoms with Crippen LogP contribution in [-0.4, -0.2) is 38.1 Å². The minimum absolute atomic E-state index is 0.0741. The van der Waals surface area contributed by atoms with Crippen molar-refractivity contribution in [2.45, 2.75) is 161 Å². The molecule has 0 saturated carbocycles. The number of nitrogens with zero attached hydrogens (tertiary/aromatic N) is 1. The summed E-state index contributed by atoms with van der Waals surface area (Å²) in [5, 5.41) is 0. The molecule has 0 aliphatic heterocycles. The van der Waals surface area contributed by atoms with Crippen molar-refractivity contribution < 1.29 is 9.53 Å². The van der Waals surface area contributed by atoms with Crippen molar-refractivity contribution in [1.82, 2.24) is 4.90 Å². The maximum Gasteiger partial charge on any atom is 0.305 e. The number of methoxy groups -OCH3 is 1. The maximum atomic E-state index is 11.0. The van der Waals surface area contributed by atoms with Crippen LogP contribution in [0.4, 0.5) is 0 Å². The molecule has 0 rings (SSSR count). The van der Waals surface area contributed by atoms with Crippen LogP contribution in [-0.2, 0) is 9.53 Å². The molecule has 1 unspecified atom stereocenters. The largest absolute Gasteiger partial charge is 0.469 e. The molecule has 0 N–H and O–H groups in total. The molecule has 0 radical (unpaired) electrons. The topological polar surface area (TPSA) is 29.5 Å². The molecule has 0 bridgehead atoms. The van der Waals surface area contributed by atoms with Gasteiger partial charge in [-0.25, -0.2) is 0 Å². The summed E-state index contributed by atoms with van der Waals surface area (Å²) < 4.78 is 4.67. The molecule has 0 spiro atoms. The molecule has 0 aromatic heterocycles. The Balaban J connectivity index is 3.43. The molecule has 1 atom stereocenters. The summed E-state index contributed by atoms with van der Waals surface area (Å²) in [6, 6.07) is 0.792. The summed E-state index contributed by atoms with van der Waals surface area (Å²) >= 11 is 0. The van der Waals surface area contributed by atoms with Gasteiger partial charge in [0.2, 0.25) is 0 Å². The Bertz CT molecular complexity index is 447. The fraction of sp³-hybridized carbons (Fsp3) is 0.903. The average molecular weight is 480 g/mol. The second-order valence-electron chi connectivity index (χ2n) is 10.6. The van der Waals surface area contributed by atoms with Crippen molar-refractivity contribution >= 4 is 5.97 Å². The van der Waals surface area contributed by atoms with Crippen molar-refractivity contribution in [2.24, 2.45) is 0 Å². The number of carbonyl (C=O) groups excluding carboxylic acids is 1. The number of hydrogen-bond donors (Lipinski definition) is 0. The van der Waals surface area contributed by atoms with Gasteiger partial charge in [-0.05, 0) is 59.0 Å². The monoisotopic (exact) mass is 479 g/mol. The van der Waals surface area contributed by atoms with Gasteiger partial charge in [0.25, 0.3) is 0 Å². The Morgan fingerprint density at radius 2 is 1.06 bits per heavy atom.